The highest BCUT2D eigenvalue weighted by atomic mass is 35.5. The Balaban J connectivity index is 2.85. The van der Waals surface area contributed by atoms with Gasteiger partial charge in [0.15, 0.2) is 5.43 Å². The Bertz CT molecular complexity index is 1020. The minimum atomic E-state index is -1.14. The molecule has 1 atom stereocenters. The molecule has 2 aromatic rings. The summed E-state index contributed by atoms with van der Waals surface area (Å²) >= 11 is 19.2. The van der Waals surface area contributed by atoms with Gasteiger partial charge in [0, 0.05) is 13.2 Å². The summed E-state index contributed by atoms with van der Waals surface area (Å²) in [6.07, 6.45) is 4.80. The molecule has 0 aromatic carbocycles. The summed E-state index contributed by atoms with van der Waals surface area (Å²) < 4.78 is 12.1. The van der Waals surface area contributed by atoms with Crippen molar-refractivity contribution in [2.75, 3.05) is 20.3 Å². The van der Waals surface area contributed by atoms with E-state index in [2.05, 4.69) is 11.6 Å². The van der Waals surface area contributed by atoms with Crippen LogP contribution in [0.5, 0.6) is 5.88 Å². The Hall–Kier alpha value is -1.87. The quantitative estimate of drug-likeness (QED) is 0.557. The molecule has 0 aliphatic heterocycles. The Morgan fingerprint density at radius 1 is 1.45 bits per heavy atom. The van der Waals surface area contributed by atoms with Crippen molar-refractivity contribution in [3.8, 4) is 5.88 Å². The molecule has 0 aliphatic carbocycles. The Kier molecular flexibility index (Phi) is 8.70. The second-order valence-corrected chi connectivity index (χ2v) is 6.96. The van der Waals surface area contributed by atoms with Crippen LogP contribution in [-0.4, -0.2) is 46.2 Å². The molecular formula is C19H19Cl3N2O5. The third-order valence-corrected chi connectivity index (χ3v) is 4.77. The van der Waals surface area contributed by atoms with Gasteiger partial charge in [-0.25, -0.2) is 4.98 Å². The molecule has 2 heterocycles. The van der Waals surface area contributed by atoms with Crippen molar-refractivity contribution >= 4 is 50.9 Å². The monoisotopic (exact) mass is 460 g/mol. The van der Waals surface area contributed by atoms with E-state index in [-0.39, 0.29) is 45.2 Å². The lowest BCUT2D eigenvalue weighted by atomic mass is 10.2. The molecule has 0 spiro atoms. The van der Waals surface area contributed by atoms with Crippen molar-refractivity contribution in [2.24, 2.45) is 0 Å². The first-order valence-corrected chi connectivity index (χ1v) is 9.47. The zero-order valence-electron chi connectivity index (χ0n) is 15.4. The van der Waals surface area contributed by atoms with Crippen molar-refractivity contribution in [3.05, 3.63) is 63.0 Å². The van der Waals surface area contributed by atoms with Gasteiger partial charge in [-0.2, -0.15) is 0 Å². The number of halogens is 3. The van der Waals surface area contributed by atoms with Crippen LogP contribution in [0, 0.1) is 0 Å². The fourth-order valence-corrected chi connectivity index (χ4v) is 3.12. The molecule has 0 saturated heterocycles. The van der Waals surface area contributed by atoms with Crippen molar-refractivity contribution in [2.45, 2.75) is 12.7 Å². The van der Waals surface area contributed by atoms with Crippen LogP contribution >= 0.6 is 34.8 Å². The van der Waals surface area contributed by atoms with Gasteiger partial charge in [0.1, 0.15) is 23.3 Å². The molecule has 1 unspecified atom stereocenters. The number of fused-ring (bicyclic) bond motifs is 1. The standard InChI is InChI=1S/C19H19Cl3N2O5/c1-3-4-5-13(20)18(22)24-11(9-28-2)6-15(27)16-17(24)14(21)7-23-19(16)29-10-12(26)8-25/h3-7,12,25-26H,1,8-10H2,2H3/b5-4-,18-13-. The maximum absolute atomic E-state index is 12.8. The topological polar surface area (TPSA) is 93.8 Å². The molecule has 0 fully saturated rings. The fraction of sp³-hybridized carbons (Fsp3) is 0.263. The summed E-state index contributed by atoms with van der Waals surface area (Å²) in [6.45, 7) is 2.85. The highest BCUT2D eigenvalue weighted by Crippen LogP contribution is 2.33. The summed E-state index contributed by atoms with van der Waals surface area (Å²) in [5.41, 5.74) is 0.175. The second kappa shape index (κ2) is 10.8. The smallest absolute Gasteiger partial charge is 0.227 e. The van der Waals surface area contributed by atoms with Gasteiger partial charge in [0.25, 0.3) is 0 Å². The van der Waals surface area contributed by atoms with Crippen LogP contribution in [0.4, 0.5) is 0 Å². The highest BCUT2D eigenvalue weighted by Gasteiger charge is 2.20. The van der Waals surface area contributed by atoms with E-state index in [0.717, 1.165) is 0 Å². The first-order chi connectivity index (χ1) is 13.8. The Morgan fingerprint density at radius 3 is 2.79 bits per heavy atom. The van der Waals surface area contributed by atoms with Gasteiger partial charge < -0.3 is 19.7 Å². The number of allylic oxidation sites excluding steroid dienone is 4. The normalized spacial score (nSPS) is 13.6. The van der Waals surface area contributed by atoms with Crippen LogP contribution < -0.4 is 10.2 Å². The first kappa shape index (κ1) is 23.4. The van der Waals surface area contributed by atoms with E-state index in [9.17, 15) is 9.90 Å². The first-order valence-electron chi connectivity index (χ1n) is 8.34. The van der Waals surface area contributed by atoms with Gasteiger partial charge in [-0.05, 0) is 6.08 Å². The van der Waals surface area contributed by atoms with Crippen molar-refractivity contribution in [3.63, 3.8) is 0 Å². The molecule has 0 amide bonds. The number of pyridine rings is 2. The largest absolute Gasteiger partial charge is 0.474 e. The lowest BCUT2D eigenvalue weighted by Crippen LogP contribution is -2.22. The molecule has 0 aliphatic rings. The molecular weight excluding hydrogens is 443 g/mol. The van der Waals surface area contributed by atoms with Crippen LogP contribution in [0.3, 0.4) is 0 Å². The number of nitrogens with zero attached hydrogens (tertiary/aromatic N) is 2. The molecule has 2 N–H and O–H groups in total. The number of hydrogen-bond acceptors (Lipinski definition) is 6. The number of aliphatic hydroxyl groups excluding tert-OH is 2. The SMILES string of the molecule is C=C/C=C\C(Cl)=C(/Cl)n1c(COC)cc(=O)c2c(OCC(O)CO)ncc(Cl)c21. The summed E-state index contributed by atoms with van der Waals surface area (Å²) in [7, 11) is 1.47. The average molecular weight is 462 g/mol. The fourth-order valence-electron chi connectivity index (χ4n) is 2.48. The van der Waals surface area contributed by atoms with E-state index >= 15 is 0 Å². The van der Waals surface area contributed by atoms with E-state index in [1.54, 1.807) is 6.08 Å². The zero-order chi connectivity index (χ0) is 21.6. The third kappa shape index (κ3) is 5.39. The van der Waals surface area contributed by atoms with Crippen molar-refractivity contribution in [1.29, 1.82) is 0 Å². The Morgan fingerprint density at radius 2 is 2.17 bits per heavy atom. The number of rotatable bonds is 9. The van der Waals surface area contributed by atoms with E-state index in [1.807, 2.05) is 0 Å². The molecule has 2 aromatic heterocycles. The van der Waals surface area contributed by atoms with E-state index < -0.39 is 18.1 Å². The number of aliphatic hydroxyl groups is 2. The van der Waals surface area contributed by atoms with E-state index in [1.165, 1.54) is 36.1 Å². The molecule has 29 heavy (non-hydrogen) atoms. The maximum atomic E-state index is 12.8. The van der Waals surface area contributed by atoms with Crippen LogP contribution in [-0.2, 0) is 11.3 Å². The second-order valence-electron chi connectivity index (χ2n) is 5.78. The van der Waals surface area contributed by atoms with Gasteiger partial charge in [-0.3, -0.25) is 9.36 Å². The molecule has 10 heteroatoms. The summed E-state index contributed by atoms with van der Waals surface area (Å²) in [5.74, 6) is -0.0677. The highest BCUT2D eigenvalue weighted by molar-refractivity contribution is 6.53. The molecule has 7 nitrogen and oxygen atoms in total. The van der Waals surface area contributed by atoms with Crippen LogP contribution in [0.25, 0.3) is 16.1 Å². The summed E-state index contributed by atoms with van der Waals surface area (Å²) in [5, 5.41) is 18.9. The van der Waals surface area contributed by atoms with E-state index in [4.69, 9.17) is 49.4 Å². The van der Waals surface area contributed by atoms with Gasteiger partial charge in [-0.1, -0.05) is 53.5 Å². The van der Waals surface area contributed by atoms with Gasteiger partial charge >= 0.3 is 0 Å². The van der Waals surface area contributed by atoms with Crippen LogP contribution in [0.15, 0.2) is 46.9 Å². The number of methoxy groups -OCH3 is 1. The van der Waals surface area contributed by atoms with Crippen molar-refractivity contribution < 1.29 is 19.7 Å². The minimum absolute atomic E-state index is 0.0396. The van der Waals surface area contributed by atoms with Gasteiger partial charge in [-0.15, -0.1) is 0 Å². The van der Waals surface area contributed by atoms with Crippen LogP contribution in [0.1, 0.15) is 5.69 Å². The van der Waals surface area contributed by atoms with Gasteiger partial charge in [0.2, 0.25) is 5.88 Å². The van der Waals surface area contributed by atoms with E-state index in [0.29, 0.717) is 5.69 Å². The maximum Gasteiger partial charge on any atom is 0.227 e. The lowest BCUT2D eigenvalue weighted by molar-refractivity contribution is 0.0526. The van der Waals surface area contributed by atoms with Crippen LogP contribution in [0.2, 0.25) is 5.02 Å². The lowest BCUT2D eigenvalue weighted by Gasteiger charge is -2.19. The molecule has 2 rings (SSSR count). The number of hydrogen-bond donors (Lipinski definition) is 2. The number of ether oxygens (including phenoxy) is 2. The predicted octanol–water partition coefficient (Wildman–Crippen LogP) is 3.27. The Labute approximate surface area is 182 Å². The average Bonchev–Trinajstić information content (AvgIpc) is 2.71. The molecule has 0 bridgehead atoms. The summed E-state index contributed by atoms with van der Waals surface area (Å²) in [4.78, 5) is 16.8. The minimum Gasteiger partial charge on any atom is -0.474 e. The van der Waals surface area contributed by atoms with Crippen molar-refractivity contribution in [1.82, 2.24) is 9.55 Å². The molecule has 0 saturated carbocycles. The molecule has 156 valence electrons. The summed E-state index contributed by atoms with van der Waals surface area (Å²) in [6, 6.07) is 1.31. The predicted molar refractivity (Wildman–Crippen MR) is 115 cm³/mol. The molecule has 0 radical (unpaired) electrons. The third-order valence-electron chi connectivity index (χ3n) is 3.71. The zero-order valence-corrected chi connectivity index (χ0v) is 17.7. The van der Waals surface area contributed by atoms with Gasteiger partial charge in [0.05, 0.1) is 40.7 Å². The number of aromatic nitrogens is 2.